The van der Waals surface area contributed by atoms with Gasteiger partial charge in [-0.3, -0.25) is 0 Å². The third-order valence-corrected chi connectivity index (χ3v) is 19.9. The third kappa shape index (κ3) is 9.16. The van der Waals surface area contributed by atoms with Gasteiger partial charge in [0.2, 0.25) is 13.4 Å². The van der Waals surface area contributed by atoms with E-state index in [2.05, 4.69) is 318 Å². The van der Waals surface area contributed by atoms with E-state index in [1.165, 1.54) is 154 Å². The summed E-state index contributed by atoms with van der Waals surface area (Å²) >= 11 is 0. The quantitative estimate of drug-likeness (QED) is 0.139. The van der Waals surface area contributed by atoms with Crippen molar-refractivity contribution in [2.45, 2.75) is 140 Å². The number of hydrogen-bond acceptors (Lipinski definition) is 1. The van der Waals surface area contributed by atoms with E-state index in [9.17, 15) is 0 Å². The zero-order valence-corrected chi connectivity index (χ0v) is 55.5. The van der Waals surface area contributed by atoms with Crippen LogP contribution in [0.3, 0.4) is 0 Å². The fraction of sp³-hybridized carbons (Fsp3) is 0.253. The Morgan fingerprint density at radius 3 is 1.34 bits per heavy atom. The van der Waals surface area contributed by atoms with Crippen LogP contribution in [0.1, 0.15) is 126 Å². The molecule has 14 rings (SSSR count). The van der Waals surface area contributed by atoms with Gasteiger partial charge in [-0.05, 0) is 184 Å². The Hall–Kier alpha value is -8.73. The van der Waals surface area contributed by atoms with Gasteiger partial charge in [-0.2, -0.15) is 0 Å². The molecule has 1 aliphatic rings. The first-order chi connectivity index (χ1) is 42.3. The zero-order chi connectivity index (χ0) is 62.7. The maximum absolute atomic E-state index is 4.78. The number of rotatable bonds is 8. The van der Waals surface area contributed by atoms with Crippen LogP contribution in [0.2, 0.25) is 0 Å². The molecule has 0 radical (unpaired) electrons. The average Bonchev–Trinajstić information content (AvgIpc) is 1.72. The molecular weight excluding hydrogens is 1070 g/mol. The van der Waals surface area contributed by atoms with Crippen LogP contribution in [-0.2, 0) is 16.2 Å². The summed E-state index contributed by atoms with van der Waals surface area (Å²) in [5.74, 6) is 2.23. The van der Waals surface area contributed by atoms with E-state index < -0.39 is 0 Å². The number of aromatic nitrogens is 3. The summed E-state index contributed by atoms with van der Waals surface area (Å²) < 4.78 is 7.67. The van der Waals surface area contributed by atoms with Gasteiger partial charge in [0.15, 0.2) is 0 Å². The molecule has 0 saturated heterocycles. The molecule has 3 aromatic heterocycles. The van der Waals surface area contributed by atoms with E-state index in [0.29, 0.717) is 0 Å². The molecule has 0 aliphatic carbocycles. The minimum Gasteiger partial charge on any atom is -0.340 e. The topological polar surface area (TPSA) is 18.0 Å². The van der Waals surface area contributed by atoms with Crippen molar-refractivity contribution >= 4 is 118 Å². The van der Waals surface area contributed by atoms with Crippen LogP contribution >= 0.6 is 0 Å². The molecule has 0 bridgehead atoms. The number of nitrogens with zero attached hydrogens (tertiary/aromatic N) is 4. The molecule has 1 aliphatic heterocycles. The van der Waals surface area contributed by atoms with Gasteiger partial charge in [-0.1, -0.05) is 204 Å². The lowest BCUT2D eigenvalue weighted by molar-refractivity contribution is 0.590. The van der Waals surface area contributed by atoms with Crippen molar-refractivity contribution in [3.8, 4) is 17.1 Å². The first-order valence-electron chi connectivity index (χ1n) is 32.4. The largest absolute Gasteiger partial charge is 0.340 e. The fourth-order valence-electron chi connectivity index (χ4n) is 15.9. The van der Waals surface area contributed by atoms with E-state index in [4.69, 9.17) is 6.58 Å². The highest BCUT2D eigenvalue weighted by Crippen LogP contribution is 2.44. The zero-order valence-electron chi connectivity index (χ0n) is 55.5. The van der Waals surface area contributed by atoms with E-state index in [0.717, 1.165) is 17.1 Å². The number of para-hydroxylation sites is 2. The maximum Gasteiger partial charge on any atom is 0.247 e. The van der Waals surface area contributed by atoms with Crippen LogP contribution in [0.5, 0.6) is 0 Å². The van der Waals surface area contributed by atoms with Crippen LogP contribution in [0.15, 0.2) is 188 Å². The molecule has 0 fully saturated rings. The third-order valence-electron chi connectivity index (χ3n) is 19.9. The smallest absolute Gasteiger partial charge is 0.247 e. The number of benzene rings is 10. The highest BCUT2D eigenvalue weighted by Gasteiger charge is 2.42. The monoisotopic (exact) mass is 1160 g/mol. The molecule has 0 amide bonds. The number of aryl methyl sites for hydroxylation is 6. The molecule has 6 heteroatoms. The Kier molecular flexibility index (Phi) is 13.5. The molecule has 0 unspecified atom stereocenters. The number of fused-ring (bicyclic) bond motifs is 12. The van der Waals surface area contributed by atoms with Gasteiger partial charge in [0.25, 0.3) is 0 Å². The van der Waals surface area contributed by atoms with E-state index in [1.54, 1.807) is 0 Å². The van der Waals surface area contributed by atoms with Crippen molar-refractivity contribution in [1.82, 2.24) is 13.7 Å². The van der Waals surface area contributed by atoms with Gasteiger partial charge in [0.1, 0.15) is 0 Å². The van der Waals surface area contributed by atoms with Crippen LogP contribution in [-0.4, -0.2) is 33.2 Å². The molecule has 0 spiro atoms. The molecule has 4 nitrogen and oxygen atoms in total. The van der Waals surface area contributed by atoms with Gasteiger partial charge in [0.05, 0.1) is 33.1 Å². The van der Waals surface area contributed by atoms with E-state index in [1.807, 2.05) is 0 Å². The maximum atomic E-state index is 4.78. The van der Waals surface area contributed by atoms with Crippen molar-refractivity contribution in [2.75, 3.05) is 4.90 Å². The summed E-state index contributed by atoms with van der Waals surface area (Å²) in [4.78, 5) is 2.68. The highest BCUT2D eigenvalue weighted by molar-refractivity contribution is 7.00. The highest BCUT2D eigenvalue weighted by atomic mass is 15.2. The lowest BCUT2D eigenvalue weighted by atomic mass is 9.31. The van der Waals surface area contributed by atoms with Gasteiger partial charge in [-0.15, -0.1) is 12.6 Å². The second-order valence-corrected chi connectivity index (χ2v) is 29.6. The predicted molar refractivity (Wildman–Crippen MR) is 390 cm³/mol. The molecule has 13 aromatic rings. The van der Waals surface area contributed by atoms with Crippen molar-refractivity contribution in [3.63, 3.8) is 0 Å². The normalized spacial score (nSPS) is 13.1. The summed E-state index contributed by atoms with van der Waals surface area (Å²) in [5.41, 5.74) is 31.5. The van der Waals surface area contributed by atoms with Crippen molar-refractivity contribution in [1.29, 1.82) is 0 Å². The van der Waals surface area contributed by atoms with Gasteiger partial charge in [0, 0.05) is 66.8 Å². The average molecular weight is 1160 g/mol. The second-order valence-electron chi connectivity index (χ2n) is 29.6. The van der Waals surface area contributed by atoms with Crippen LogP contribution < -0.4 is 32.2 Å². The molecular formula is C83H84B2N4. The Morgan fingerprint density at radius 1 is 0.416 bits per heavy atom. The molecule has 0 N–H and O–H groups in total. The summed E-state index contributed by atoms with van der Waals surface area (Å²) in [6.07, 6.45) is 0. The van der Waals surface area contributed by atoms with Crippen LogP contribution in [0.4, 0.5) is 11.4 Å². The van der Waals surface area contributed by atoms with E-state index in [-0.39, 0.29) is 35.7 Å². The first kappa shape index (κ1) is 58.0. The number of hydrogen-bond donors (Lipinski definition) is 0. The molecule has 0 atom stereocenters. The molecule has 89 heavy (non-hydrogen) atoms. The Balaban J connectivity index is 1.09. The summed E-state index contributed by atoms with van der Waals surface area (Å²) in [6.45, 7) is 44.0. The molecule has 442 valence electrons. The summed E-state index contributed by atoms with van der Waals surface area (Å²) in [6, 6.07) is 68.8. The summed E-state index contributed by atoms with van der Waals surface area (Å²) in [7, 11) is 0. The van der Waals surface area contributed by atoms with Crippen molar-refractivity contribution in [2.24, 2.45) is 0 Å². The lowest BCUT2D eigenvalue weighted by Crippen LogP contribution is -2.63. The van der Waals surface area contributed by atoms with Gasteiger partial charge < -0.3 is 18.6 Å². The van der Waals surface area contributed by atoms with Crippen molar-refractivity contribution < 1.29 is 0 Å². The lowest BCUT2D eigenvalue weighted by Gasteiger charge is -2.43. The summed E-state index contributed by atoms with van der Waals surface area (Å²) in [5, 5.41) is 7.48. The van der Waals surface area contributed by atoms with Crippen LogP contribution in [0.25, 0.3) is 82.5 Å². The Bertz CT molecular complexity index is 4980. The van der Waals surface area contributed by atoms with Crippen LogP contribution in [0, 0.1) is 41.5 Å². The standard InChI is InChI=1S/C83H84B2N4/c1-19-84(76-52(6)40-50(4)41-53(76)7)69-47-61(48-70-80(69)86(49(2)3)75-39-30-58(83(16,17)18)46-68(75)85(70)77-54(8)42-51(5)43-55(77)9)89-72-27-23-21-25-63(72)65-36-35-64-62-24-20-22-26-71(62)88(78(64)79(65)89)60-33-31-59(32-34-60)87-73-37-28-56(81(10,11)12)44-66(73)67-45-57(82(13,14)15)29-38-74(67)87/h19-49H,1H2,2-18H3. The molecule has 0 saturated carbocycles. The van der Waals surface area contributed by atoms with E-state index >= 15 is 0 Å². The second kappa shape index (κ2) is 20.7. The molecule has 10 aromatic carbocycles. The predicted octanol–water partition coefficient (Wildman–Crippen LogP) is 18.4. The van der Waals surface area contributed by atoms with Crippen molar-refractivity contribution in [3.05, 3.63) is 239 Å². The molecule has 4 heterocycles. The van der Waals surface area contributed by atoms with Gasteiger partial charge >= 0.3 is 0 Å². The Labute approximate surface area is 528 Å². The SMILES string of the molecule is C=CB(c1cc(-n2c3ccccc3c3ccc4c5ccccc5n(-c5ccc(-n6c7ccc(C(C)(C)C)cc7c7cc(C(C)(C)C)ccc76)cc5)c4c32)cc2c1N(C(C)C)c1ccc(C(C)(C)C)cc1B2c1c(C)cc(C)cc1C)c1c(C)cc(C)cc1C. The minimum absolute atomic E-state index is 0.0149. The minimum atomic E-state index is -0.129. The fourth-order valence-corrected chi connectivity index (χ4v) is 15.9. The number of anilines is 2. The van der Waals surface area contributed by atoms with Gasteiger partial charge in [-0.25, -0.2) is 0 Å². The first-order valence-corrected chi connectivity index (χ1v) is 32.4. The Morgan fingerprint density at radius 2 is 0.854 bits per heavy atom.